The number of rotatable bonds is 0. The molecule has 15 heavy (non-hydrogen) atoms. The SMILES string of the molecule is CC(=O)NC(=S)N1CCc2ccccc21. The van der Waals surface area contributed by atoms with Crippen molar-refractivity contribution >= 4 is 28.9 Å². The zero-order valence-corrected chi connectivity index (χ0v) is 9.30. The highest BCUT2D eigenvalue weighted by atomic mass is 32.1. The van der Waals surface area contributed by atoms with Gasteiger partial charge >= 0.3 is 0 Å². The first kappa shape index (κ1) is 10.1. The Morgan fingerprint density at radius 1 is 1.47 bits per heavy atom. The number of hydrogen-bond donors (Lipinski definition) is 1. The van der Waals surface area contributed by atoms with Gasteiger partial charge in [0.1, 0.15) is 0 Å². The van der Waals surface area contributed by atoms with Crippen LogP contribution in [0.5, 0.6) is 0 Å². The van der Waals surface area contributed by atoms with Crippen LogP contribution >= 0.6 is 12.2 Å². The van der Waals surface area contributed by atoms with Crippen molar-refractivity contribution in [3.8, 4) is 0 Å². The molecule has 4 heteroatoms. The van der Waals surface area contributed by atoms with Crippen molar-refractivity contribution < 1.29 is 4.79 Å². The molecular weight excluding hydrogens is 208 g/mol. The summed E-state index contributed by atoms with van der Waals surface area (Å²) in [5.74, 6) is -0.121. The summed E-state index contributed by atoms with van der Waals surface area (Å²) < 4.78 is 0. The van der Waals surface area contributed by atoms with E-state index in [-0.39, 0.29) is 5.91 Å². The monoisotopic (exact) mass is 220 g/mol. The van der Waals surface area contributed by atoms with Gasteiger partial charge in [0.25, 0.3) is 0 Å². The van der Waals surface area contributed by atoms with Gasteiger partial charge in [0.2, 0.25) is 5.91 Å². The third-order valence-corrected chi connectivity index (χ3v) is 2.74. The number of carbonyl (C=O) groups is 1. The molecule has 3 nitrogen and oxygen atoms in total. The summed E-state index contributed by atoms with van der Waals surface area (Å²) in [4.78, 5) is 12.9. The minimum absolute atomic E-state index is 0.121. The van der Waals surface area contributed by atoms with Gasteiger partial charge in [-0.05, 0) is 30.3 Å². The van der Waals surface area contributed by atoms with E-state index in [9.17, 15) is 4.79 Å². The van der Waals surface area contributed by atoms with Gasteiger partial charge < -0.3 is 10.2 Å². The zero-order valence-electron chi connectivity index (χ0n) is 8.49. The first-order chi connectivity index (χ1) is 7.18. The Morgan fingerprint density at radius 2 is 2.20 bits per heavy atom. The van der Waals surface area contributed by atoms with Gasteiger partial charge in [-0.1, -0.05) is 18.2 Å². The molecular formula is C11H12N2OS. The Morgan fingerprint density at radius 3 is 2.93 bits per heavy atom. The minimum atomic E-state index is -0.121. The Bertz CT molecular complexity index is 417. The van der Waals surface area contributed by atoms with E-state index in [0.29, 0.717) is 5.11 Å². The van der Waals surface area contributed by atoms with Crippen LogP contribution in [0.3, 0.4) is 0 Å². The van der Waals surface area contributed by atoms with E-state index in [2.05, 4.69) is 11.4 Å². The van der Waals surface area contributed by atoms with Crippen molar-refractivity contribution in [2.45, 2.75) is 13.3 Å². The van der Waals surface area contributed by atoms with E-state index >= 15 is 0 Å². The molecule has 0 aromatic heterocycles. The van der Waals surface area contributed by atoms with Gasteiger partial charge in [0.05, 0.1) is 0 Å². The third kappa shape index (κ3) is 1.99. The number of benzene rings is 1. The number of fused-ring (bicyclic) bond motifs is 1. The van der Waals surface area contributed by atoms with Crippen LogP contribution < -0.4 is 10.2 Å². The van der Waals surface area contributed by atoms with Crippen LogP contribution in [0, 0.1) is 0 Å². The van der Waals surface area contributed by atoms with Crippen LogP contribution in [-0.2, 0) is 11.2 Å². The van der Waals surface area contributed by atoms with Gasteiger partial charge in [-0.3, -0.25) is 4.79 Å². The van der Waals surface area contributed by atoms with Crippen molar-refractivity contribution in [3.63, 3.8) is 0 Å². The molecule has 0 atom stereocenters. The predicted molar refractivity (Wildman–Crippen MR) is 63.9 cm³/mol. The van der Waals surface area contributed by atoms with Gasteiger partial charge in [0, 0.05) is 19.2 Å². The first-order valence-corrected chi connectivity index (χ1v) is 5.26. The summed E-state index contributed by atoms with van der Waals surface area (Å²) in [6.07, 6.45) is 0.982. The highest BCUT2D eigenvalue weighted by Crippen LogP contribution is 2.27. The smallest absolute Gasteiger partial charge is 0.223 e. The van der Waals surface area contributed by atoms with Crippen LogP contribution in [0.15, 0.2) is 24.3 Å². The van der Waals surface area contributed by atoms with Gasteiger partial charge in [-0.25, -0.2) is 0 Å². The van der Waals surface area contributed by atoms with E-state index in [4.69, 9.17) is 12.2 Å². The molecule has 0 fully saturated rings. The van der Waals surface area contributed by atoms with E-state index in [1.165, 1.54) is 12.5 Å². The molecule has 1 aliphatic heterocycles. The number of nitrogens with zero attached hydrogens (tertiary/aromatic N) is 1. The number of amides is 1. The lowest BCUT2D eigenvalue weighted by Gasteiger charge is -2.19. The fourth-order valence-corrected chi connectivity index (χ4v) is 2.10. The Labute approximate surface area is 94.1 Å². The molecule has 0 unspecified atom stereocenters. The van der Waals surface area contributed by atoms with Crippen LogP contribution in [-0.4, -0.2) is 17.6 Å². The molecule has 0 bridgehead atoms. The fourth-order valence-electron chi connectivity index (χ4n) is 1.77. The highest BCUT2D eigenvalue weighted by molar-refractivity contribution is 7.80. The number of carbonyl (C=O) groups excluding carboxylic acids is 1. The number of para-hydroxylation sites is 1. The fraction of sp³-hybridized carbons (Fsp3) is 0.273. The molecule has 0 spiro atoms. The maximum atomic E-state index is 10.9. The molecule has 2 rings (SSSR count). The normalized spacial score (nSPS) is 13.5. The summed E-state index contributed by atoms with van der Waals surface area (Å²) in [6.45, 7) is 2.31. The van der Waals surface area contributed by atoms with E-state index < -0.39 is 0 Å². The minimum Gasteiger partial charge on any atom is -0.318 e. The lowest BCUT2D eigenvalue weighted by atomic mass is 10.2. The van der Waals surface area contributed by atoms with Crippen LogP contribution in [0.2, 0.25) is 0 Å². The molecule has 1 N–H and O–H groups in total. The maximum absolute atomic E-state index is 10.9. The Kier molecular flexibility index (Phi) is 2.68. The van der Waals surface area contributed by atoms with Crippen LogP contribution in [0.4, 0.5) is 5.69 Å². The second-order valence-corrected chi connectivity index (χ2v) is 3.90. The summed E-state index contributed by atoms with van der Waals surface area (Å²) >= 11 is 5.16. The standard InChI is InChI=1S/C11H12N2OS/c1-8(14)12-11(15)13-7-6-9-4-2-3-5-10(9)13/h2-5H,6-7H2,1H3,(H,12,14,15). The summed E-state index contributed by atoms with van der Waals surface area (Å²) in [6, 6.07) is 8.11. The summed E-state index contributed by atoms with van der Waals surface area (Å²) in [7, 11) is 0. The largest absolute Gasteiger partial charge is 0.318 e. The second-order valence-electron chi connectivity index (χ2n) is 3.52. The van der Waals surface area contributed by atoms with Crippen molar-refractivity contribution in [2.75, 3.05) is 11.4 Å². The quantitative estimate of drug-likeness (QED) is 0.672. The number of anilines is 1. The van der Waals surface area contributed by atoms with Crippen molar-refractivity contribution in [1.82, 2.24) is 5.32 Å². The summed E-state index contributed by atoms with van der Waals surface area (Å²) in [5.41, 5.74) is 2.39. The lowest BCUT2D eigenvalue weighted by molar-refractivity contribution is -0.117. The average molecular weight is 220 g/mol. The van der Waals surface area contributed by atoms with Crippen molar-refractivity contribution in [3.05, 3.63) is 29.8 Å². The molecule has 1 aromatic rings. The maximum Gasteiger partial charge on any atom is 0.223 e. The van der Waals surface area contributed by atoms with Gasteiger partial charge in [-0.2, -0.15) is 0 Å². The molecule has 78 valence electrons. The summed E-state index contributed by atoms with van der Waals surface area (Å²) in [5, 5.41) is 3.14. The van der Waals surface area contributed by atoms with E-state index in [1.807, 2.05) is 23.1 Å². The average Bonchev–Trinajstić information content (AvgIpc) is 2.59. The Balaban J connectivity index is 2.20. The number of hydrogen-bond acceptors (Lipinski definition) is 2. The number of thiocarbonyl (C=S) groups is 1. The van der Waals surface area contributed by atoms with Crippen molar-refractivity contribution in [2.24, 2.45) is 0 Å². The molecule has 0 saturated heterocycles. The van der Waals surface area contributed by atoms with Gasteiger partial charge in [0.15, 0.2) is 5.11 Å². The second kappa shape index (κ2) is 3.98. The van der Waals surface area contributed by atoms with Crippen molar-refractivity contribution in [1.29, 1.82) is 0 Å². The molecule has 0 radical (unpaired) electrons. The number of nitrogens with one attached hydrogen (secondary N) is 1. The molecule has 0 saturated carbocycles. The topological polar surface area (TPSA) is 32.3 Å². The zero-order chi connectivity index (χ0) is 10.8. The predicted octanol–water partition coefficient (Wildman–Crippen LogP) is 1.47. The van der Waals surface area contributed by atoms with E-state index in [1.54, 1.807) is 0 Å². The highest BCUT2D eigenvalue weighted by Gasteiger charge is 2.21. The van der Waals surface area contributed by atoms with Crippen LogP contribution in [0.1, 0.15) is 12.5 Å². The molecule has 0 aliphatic carbocycles. The molecule has 1 aliphatic rings. The lowest BCUT2D eigenvalue weighted by Crippen LogP contribution is -2.40. The molecule has 1 heterocycles. The van der Waals surface area contributed by atoms with Crippen LogP contribution in [0.25, 0.3) is 0 Å². The first-order valence-electron chi connectivity index (χ1n) is 4.85. The van der Waals surface area contributed by atoms with E-state index in [0.717, 1.165) is 18.7 Å². The molecule has 1 amide bonds. The molecule has 1 aromatic carbocycles. The Hall–Kier alpha value is -1.42. The van der Waals surface area contributed by atoms with Gasteiger partial charge in [-0.15, -0.1) is 0 Å². The third-order valence-electron chi connectivity index (χ3n) is 2.42.